The number of hydrazone groups is 1. The van der Waals surface area contributed by atoms with Crippen LogP contribution in [0.25, 0.3) is 10.2 Å². The number of para-hydroxylation sites is 1. The van der Waals surface area contributed by atoms with Crippen molar-refractivity contribution in [2.75, 3.05) is 24.8 Å². The van der Waals surface area contributed by atoms with Crippen molar-refractivity contribution < 1.29 is 33.3 Å². The molecule has 0 aliphatic heterocycles. The summed E-state index contributed by atoms with van der Waals surface area (Å²) in [4.78, 5) is 42.8. The summed E-state index contributed by atoms with van der Waals surface area (Å²) in [5, 5.41) is 7.60. The van der Waals surface area contributed by atoms with Gasteiger partial charge in [0.15, 0.2) is 0 Å². The van der Waals surface area contributed by atoms with Crippen molar-refractivity contribution in [3.8, 4) is 17.2 Å². The molecule has 11 heteroatoms. The van der Waals surface area contributed by atoms with Gasteiger partial charge in [0.25, 0.3) is 0 Å². The van der Waals surface area contributed by atoms with Crippen LogP contribution in [0.5, 0.6) is 17.2 Å². The maximum absolute atomic E-state index is 13.5. The van der Waals surface area contributed by atoms with Gasteiger partial charge in [0.2, 0.25) is 5.13 Å². The number of unbranched alkanes of at least 4 members (excludes halogenated alkanes) is 10. The van der Waals surface area contributed by atoms with Crippen LogP contribution in [0.4, 0.5) is 5.13 Å². The first-order chi connectivity index (χ1) is 29.4. The molecule has 1 saturated carbocycles. The van der Waals surface area contributed by atoms with E-state index in [2.05, 4.69) is 26.5 Å². The number of esters is 3. The topological polar surface area (TPSA) is 117 Å². The van der Waals surface area contributed by atoms with Crippen molar-refractivity contribution in [3.63, 3.8) is 0 Å². The Morgan fingerprint density at radius 3 is 2.18 bits per heavy atom. The zero-order valence-corrected chi connectivity index (χ0v) is 36.4. The Kier molecular flexibility index (Phi) is 19.6. The van der Waals surface area contributed by atoms with E-state index >= 15 is 0 Å². The lowest BCUT2D eigenvalue weighted by Crippen LogP contribution is -2.25. The minimum atomic E-state index is -0.519. The molecule has 322 valence electrons. The predicted molar refractivity (Wildman–Crippen MR) is 242 cm³/mol. The van der Waals surface area contributed by atoms with Gasteiger partial charge in [-0.05, 0) is 105 Å². The first-order valence-electron chi connectivity index (χ1n) is 22.1. The van der Waals surface area contributed by atoms with Gasteiger partial charge in [-0.2, -0.15) is 5.10 Å². The Bertz CT molecular complexity index is 1940. The molecule has 0 spiro atoms. The summed E-state index contributed by atoms with van der Waals surface area (Å²) in [6, 6.07) is 20.1. The lowest BCUT2D eigenvalue weighted by atomic mass is 9.81. The van der Waals surface area contributed by atoms with Crippen molar-refractivity contribution in [1.29, 1.82) is 0 Å². The van der Waals surface area contributed by atoms with Gasteiger partial charge in [-0.25, -0.2) is 19.6 Å². The van der Waals surface area contributed by atoms with Crippen molar-refractivity contribution in [1.82, 2.24) is 4.98 Å². The van der Waals surface area contributed by atoms with Gasteiger partial charge in [-0.3, -0.25) is 4.79 Å². The highest BCUT2D eigenvalue weighted by atomic mass is 32.1. The number of aromatic nitrogens is 1. The second-order valence-corrected chi connectivity index (χ2v) is 16.6. The maximum atomic E-state index is 13.5. The SMILES string of the molecule is C=CC(=O)OCCCCCCCCCCOc1ccc(C(=O)Oc2ccc(OC(=O)C3CCC(CC)CC3)cc2C=NN(CCCCCC)c2nc3ccccc3s2)cc1. The van der Waals surface area contributed by atoms with Crippen molar-refractivity contribution in [2.24, 2.45) is 16.9 Å². The number of benzene rings is 3. The molecule has 10 nitrogen and oxygen atoms in total. The smallest absolute Gasteiger partial charge is 0.343 e. The largest absolute Gasteiger partial charge is 0.494 e. The molecule has 1 aliphatic carbocycles. The van der Waals surface area contributed by atoms with Crippen LogP contribution in [-0.2, 0) is 14.3 Å². The van der Waals surface area contributed by atoms with Crippen LogP contribution < -0.4 is 19.2 Å². The molecule has 0 bridgehead atoms. The van der Waals surface area contributed by atoms with Gasteiger partial charge in [-0.15, -0.1) is 0 Å². The number of rotatable bonds is 26. The highest BCUT2D eigenvalue weighted by Crippen LogP contribution is 2.33. The van der Waals surface area contributed by atoms with E-state index in [1.54, 1.807) is 60.0 Å². The Hall–Kier alpha value is -5.03. The zero-order valence-electron chi connectivity index (χ0n) is 35.6. The van der Waals surface area contributed by atoms with E-state index in [1.165, 1.54) is 18.9 Å². The minimum Gasteiger partial charge on any atom is -0.494 e. The minimum absolute atomic E-state index is 0.123. The monoisotopic (exact) mass is 837 g/mol. The molecule has 1 aliphatic rings. The van der Waals surface area contributed by atoms with E-state index in [4.69, 9.17) is 29.0 Å². The third-order valence-corrected chi connectivity index (χ3v) is 12.1. The van der Waals surface area contributed by atoms with E-state index < -0.39 is 5.97 Å². The molecule has 5 rings (SSSR count). The first-order valence-corrected chi connectivity index (χ1v) is 23.0. The molecule has 4 aromatic rings. The van der Waals surface area contributed by atoms with Crippen LogP contribution in [0.15, 0.2) is 84.5 Å². The van der Waals surface area contributed by atoms with Gasteiger partial charge in [0.05, 0.1) is 41.1 Å². The van der Waals surface area contributed by atoms with Crippen LogP contribution in [0.3, 0.4) is 0 Å². The summed E-state index contributed by atoms with van der Waals surface area (Å²) >= 11 is 1.58. The average Bonchev–Trinajstić information content (AvgIpc) is 3.71. The second-order valence-electron chi connectivity index (χ2n) is 15.6. The lowest BCUT2D eigenvalue weighted by molar-refractivity contribution is -0.140. The third kappa shape index (κ3) is 15.2. The fourth-order valence-corrected chi connectivity index (χ4v) is 8.27. The molecule has 0 radical (unpaired) electrons. The van der Waals surface area contributed by atoms with Crippen LogP contribution in [0.2, 0.25) is 0 Å². The average molecular weight is 838 g/mol. The van der Waals surface area contributed by atoms with Gasteiger partial charge in [-0.1, -0.05) is 108 Å². The molecule has 60 heavy (non-hydrogen) atoms. The van der Waals surface area contributed by atoms with Gasteiger partial charge < -0.3 is 18.9 Å². The summed E-state index contributed by atoms with van der Waals surface area (Å²) in [6.45, 7) is 9.54. The molecule has 1 fully saturated rings. The summed E-state index contributed by atoms with van der Waals surface area (Å²) in [6.07, 6.45) is 20.6. The Morgan fingerprint density at radius 2 is 1.48 bits per heavy atom. The molecule has 1 heterocycles. The van der Waals surface area contributed by atoms with Gasteiger partial charge in [0, 0.05) is 18.2 Å². The molecule has 0 amide bonds. The quantitative estimate of drug-likeness (QED) is 0.0152. The van der Waals surface area contributed by atoms with Crippen molar-refractivity contribution in [2.45, 2.75) is 123 Å². The number of nitrogens with zero attached hydrogens (tertiary/aromatic N) is 3. The standard InChI is InChI=1S/C49H63N3O7S/c1-4-7-8-17-32-52(49-51-43-20-15-16-21-45(43)60-49)50-36-40-35-42(58-47(54)38-24-22-37(5-2)23-25-38)30-31-44(40)59-48(55)39-26-28-41(29-27-39)56-33-18-13-11-9-10-12-14-19-34-57-46(53)6-3/h6,15-16,20-21,26-31,35-38H,3-5,7-14,17-19,22-25,32-34H2,1-2H3. The molecular formula is C49H63N3O7S. The third-order valence-electron chi connectivity index (χ3n) is 11.0. The van der Waals surface area contributed by atoms with E-state index in [1.807, 2.05) is 23.2 Å². The fourth-order valence-electron chi connectivity index (χ4n) is 7.32. The van der Waals surface area contributed by atoms with Crippen LogP contribution in [0, 0.1) is 11.8 Å². The molecule has 3 aromatic carbocycles. The number of fused-ring (bicyclic) bond motifs is 1. The second kappa shape index (κ2) is 25.6. The Labute approximate surface area is 360 Å². The summed E-state index contributed by atoms with van der Waals surface area (Å²) in [5.41, 5.74) is 1.81. The number of anilines is 1. The molecule has 0 unspecified atom stereocenters. The van der Waals surface area contributed by atoms with Gasteiger partial charge >= 0.3 is 17.9 Å². The van der Waals surface area contributed by atoms with Crippen LogP contribution in [0.1, 0.15) is 139 Å². The summed E-state index contributed by atoms with van der Waals surface area (Å²) < 4.78 is 24.0. The normalized spacial score (nSPS) is 15.2. The fraction of sp³-hybridized carbons (Fsp3) is 0.490. The van der Waals surface area contributed by atoms with E-state index in [-0.39, 0.29) is 17.9 Å². The molecular weight excluding hydrogens is 775 g/mol. The number of hydrogen-bond acceptors (Lipinski definition) is 11. The Balaban J connectivity index is 1.19. The molecule has 0 N–H and O–H groups in total. The van der Waals surface area contributed by atoms with Crippen molar-refractivity contribution >= 4 is 50.8 Å². The maximum Gasteiger partial charge on any atom is 0.343 e. The molecule has 0 atom stereocenters. The predicted octanol–water partition coefficient (Wildman–Crippen LogP) is 12.3. The first kappa shape index (κ1) is 46.0. The number of carbonyl (C=O) groups is 3. The highest BCUT2D eigenvalue weighted by Gasteiger charge is 2.27. The van der Waals surface area contributed by atoms with Crippen LogP contribution >= 0.6 is 11.3 Å². The van der Waals surface area contributed by atoms with Crippen LogP contribution in [-0.4, -0.2) is 48.9 Å². The highest BCUT2D eigenvalue weighted by molar-refractivity contribution is 7.22. The Morgan fingerprint density at radius 1 is 0.800 bits per heavy atom. The van der Waals surface area contributed by atoms with Gasteiger partial charge in [0.1, 0.15) is 17.2 Å². The summed E-state index contributed by atoms with van der Waals surface area (Å²) in [5.74, 6) is 0.832. The molecule has 0 saturated heterocycles. The molecule has 1 aromatic heterocycles. The van der Waals surface area contributed by atoms with E-state index in [0.29, 0.717) is 54.1 Å². The van der Waals surface area contributed by atoms with E-state index in [0.717, 1.165) is 112 Å². The number of hydrogen-bond donors (Lipinski definition) is 0. The lowest BCUT2D eigenvalue weighted by Gasteiger charge is -2.26. The summed E-state index contributed by atoms with van der Waals surface area (Å²) in [7, 11) is 0. The zero-order chi connectivity index (χ0) is 42.4. The van der Waals surface area contributed by atoms with Crippen molar-refractivity contribution in [3.05, 3.63) is 90.5 Å². The number of thiazole rings is 1. The number of ether oxygens (including phenoxy) is 4. The number of carbonyl (C=O) groups excluding carboxylic acids is 3. The van der Waals surface area contributed by atoms with E-state index in [9.17, 15) is 14.4 Å².